The van der Waals surface area contributed by atoms with Crippen LogP contribution in [0.3, 0.4) is 0 Å². The fourth-order valence-corrected chi connectivity index (χ4v) is 2.40. The molecule has 5 nitrogen and oxygen atoms in total. The molecule has 0 aliphatic carbocycles. The highest BCUT2D eigenvalue weighted by Gasteiger charge is 2.27. The van der Waals surface area contributed by atoms with E-state index in [9.17, 15) is 4.79 Å². The molecule has 104 valence electrons. The molecule has 1 amide bonds. The number of para-hydroxylation sites is 1. The SMILES string of the molecule is CCc1cnc(CNC(=O)C2CNc3ccccc32)o1. The van der Waals surface area contributed by atoms with Crippen LogP contribution in [-0.2, 0) is 17.8 Å². The van der Waals surface area contributed by atoms with Crippen LogP contribution in [0.5, 0.6) is 0 Å². The highest BCUT2D eigenvalue weighted by Crippen LogP contribution is 2.30. The number of hydrogen-bond donors (Lipinski definition) is 2. The predicted molar refractivity (Wildman–Crippen MR) is 75.4 cm³/mol. The molecular formula is C15H17N3O2. The van der Waals surface area contributed by atoms with Gasteiger partial charge in [0.2, 0.25) is 11.8 Å². The molecule has 1 aliphatic heterocycles. The summed E-state index contributed by atoms with van der Waals surface area (Å²) < 4.78 is 5.47. The highest BCUT2D eigenvalue weighted by molar-refractivity contribution is 5.88. The molecule has 0 bridgehead atoms. The molecule has 0 fully saturated rings. The second-order valence-electron chi connectivity index (χ2n) is 4.81. The second-order valence-corrected chi connectivity index (χ2v) is 4.81. The van der Waals surface area contributed by atoms with Crippen molar-refractivity contribution in [2.45, 2.75) is 25.8 Å². The van der Waals surface area contributed by atoms with Crippen LogP contribution in [0, 0.1) is 0 Å². The van der Waals surface area contributed by atoms with E-state index in [0.717, 1.165) is 23.4 Å². The van der Waals surface area contributed by atoms with Crippen LogP contribution in [0.2, 0.25) is 0 Å². The minimum Gasteiger partial charge on any atom is -0.444 e. The number of anilines is 1. The van der Waals surface area contributed by atoms with E-state index in [-0.39, 0.29) is 11.8 Å². The Morgan fingerprint density at radius 1 is 1.50 bits per heavy atom. The Labute approximate surface area is 117 Å². The predicted octanol–water partition coefficient (Wildman–Crippen LogP) is 2.06. The first-order valence-corrected chi connectivity index (χ1v) is 6.82. The van der Waals surface area contributed by atoms with Crippen molar-refractivity contribution in [3.05, 3.63) is 47.7 Å². The number of fused-ring (bicyclic) bond motifs is 1. The van der Waals surface area contributed by atoms with E-state index in [1.165, 1.54) is 0 Å². The van der Waals surface area contributed by atoms with Crippen molar-refractivity contribution >= 4 is 11.6 Å². The first-order valence-electron chi connectivity index (χ1n) is 6.82. The van der Waals surface area contributed by atoms with Crippen LogP contribution in [-0.4, -0.2) is 17.4 Å². The lowest BCUT2D eigenvalue weighted by Crippen LogP contribution is -2.30. The van der Waals surface area contributed by atoms with Crippen LogP contribution in [0.25, 0.3) is 0 Å². The molecule has 0 spiro atoms. The quantitative estimate of drug-likeness (QED) is 0.893. The van der Waals surface area contributed by atoms with Gasteiger partial charge in [-0.25, -0.2) is 4.98 Å². The number of hydrogen-bond acceptors (Lipinski definition) is 4. The third-order valence-corrected chi connectivity index (χ3v) is 3.51. The maximum Gasteiger partial charge on any atom is 0.229 e. The smallest absolute Gasteiger partial charge is 0.229 e. The normalized spacial score (nSPS) is 16.6. The lowest BCUT2D eigenvalue weighted by atomic mass is 10.0. The second kappa shape index (κ2) is 5.36. The summed E-state index contributed by atoms with van der Waals surface area (Å²) in [5, 5.41) is 6.13. The Hall–Kier alpha value is -2.30. The van der Waals surface area contributed by atoms with Crippen LogP contribution in [0.4, 0.5) is 5.69 Å². The first-order chi connectivity index (χ1) is 9.78. The molecule has 2 aromatic rings. The number of carbonyl (C=O) groups is 1. The third kappa shape index (κ3) is 2.39. The summed E-state index contributed by atoms with van der Waals surface area (Å²) in [5.74, 6) is 1.24. The van der Waals surface area contributed by atoms with Gasteiger partial charge in [0.15, 0.2) is 0 Å². The number of nitrogens with one attached hydrogen (secondary N) is 2. The summed E-state index contributed by atoms with van der Waals surface area (Å²) in [7, 11) is 0. The Balaban J connectivity index is 1.63. The largest absolute Gasteiger partial charge is 0.444 e. The molecule has 1 aliphatic rings. The Morgan fingerprint density at radius 3 is 3.15 bits per heavy atom. The summed E-state index contributed by atoms with van der Waals surface area (Å²) in [6.07, 6.45) is 2.51. The standard InChI is InChI=1S/C15H17N3O2/c1-2-10-7-17-14(20-10)9-18-15(19)12-8-16-13-6-4-3-5-11(12)13/h3-7,12,16H,2,8-9H2,1H3,(H,18,19). The monoisotopic (exact) mass is 271 g/mol. The van der Waals surface area contributed by atoms with Gasteiger partial charge in [0.1, 0.15) is 5.76 Å². The van der Waals surface area contributed by atoms with Gasteiger partial charge in [-0.3, -0.25) is 4.79 Å². The molecular weight excluding hydrogens is 254 g/mol. The molecule has 1 atom stereocenters. The number of rotatable bonds is 4. The Kier molecular flexibility index (Phi) is 3.41. The van der Waals surface area contributed by atoms with Crippen LogP contribution in [0.1, 0.15) is 30.1 Å². The third-order valence-electron chi connectivity index (χ3n) is 3.51. The molecule has 1 aromatic heterocycles. The molecule has 2 heterocycles. The summed E-state index contributed by atoms with van der Waals surface area (Å²) in [4.78, 5) is 16.4. The lowest BCUT2D eigenvalue weighted by molar-refractivity contribution is -0.122. The van der Waals surface area contributed by atoms with Gasteiger partial charge in [0.05, 0.1) is 18.7 Å². The van der Waals surface area contributed by atoms with E-state index >= 15 is 0 Å². The van der Waals surface area contributed by atoms with E-state index in [2.05, 4.69) is 15.6 Å². The lowest BCUT2D eigenvalue weighted by Gasteiger charge is -2.09. The van der Waals surface area contributed by atoms with Crippen LogP contribution >= 0.6 is 0 Å². The van der Waals surface area contributed by atoms with Gasteiger partial charge in [-0.05, 0) is 11.6 Å². The van der Waals surface area contributed by atoms with E-state index in [1.807, 2.05) is 31.2 Å². The molecule has 2 N–H and O–H groups in total. The number of benzene rings is 1. The zero-order valence-electron chi connectivity index (χ0n) is 11.3. The van der Waals surface area contributed by atoms with Crippen molar-refractivity contribution in [1.82, 2.24) is 10.3 Å². The highest BCUT2D eigenvalue weighted by atomic mass is 16.4. The molecule has 20 heavy (non-hydrogen) atoms. The number of aryl methyl sites for hydroxylation is 1. The van der Waals surface area contributed by atoms with Crippen molar-refractivity contribution in [2.24, 2.45) is 0 Å². The fraction of sp³-hybridized carbons (Fsp3) is 0.333. The van der Waals surface area contributed by atoms with Gasteiger partial charge >= 0.3 is 0 Å². The minimum atomic E-state index is -0.146. The van der Waals surface area contributed by atoms with Crippen LogP contribution in [0.15, 0.2) is 34.9 Å². The van der Waals surface area contributed by atoms with Crippen molar-refractivity contribution in [1.29, 1.82) is 0 Å². The van der Waals surface area contributed by atoms with Gasteiger partial charge in [0, 0.05) is 18.7 Å². The van der Waals surface area contributed by atoms with Crippen LogP contribution < -0.4 is 10.6 Å². The summed E-state index contributed by atoms with van der Waals surface area (Å²) >= 11 is 0. The van der Waals surface area contributed by atoms with E-state index in [0.29, 0.717) is 19.0 Å². The van der Waals surface area contributed by atoms with Crippen molar-refractivity contribution in [3.63, 3.8) is 0 Å². The maximum atomic E-state index is 12.2. The minimum absolute atomic E-state index is 0.00121. The summed E-state index contributed by atoms with van der Waals surface area (Å²) in [6, 6.07) is 7.89. The van der Waals surface area contributed by atoms with E-state index in [4.69, 9.17) is 4.42 Å². The molecule has 0 radical (unpaired) electrons. The zero-order chi connectivity index (χ0) is 13.9. The van der Waals surface area contributed by atoms with E-state index in [1.54, 1.807) is 6.20 Å². The van der Waals surface area contributed by atoms with Crippen molar-refractivity contribution < 1.29 is 9.21 Å². The topological polar surface area (TPSA) is 67.2 Å². The maximum absolute atomic E-state index is 12.2. The molecule has 5 heteroatoms. The Morgan fingerprint density at radius 2 is 2.35 bits per heavy atom. The molecule has 0 saturated heterocycles. The average molecular weight is 271 g/mol. The van der Waals surface area contributed by atoms with Crippen molar-refractivity contribution in [3.8, 4) is 0 Å². The summed E-state index contributed by atoms with van der Waals surface area (Å²) in [6.45, 7) is 2.97. The number of carbonyl (C=O) groups excluding carboxylic acids is 1. The molecule has 1 unspecified atom stereocenters. The molecule has 0 saturated carbocycles. The molecule has 1 aromatic carbocycles. The first kappa shape index (κ1) is 12.7. The average Bonchev–Trinajstić information content (AvgIpc) is 3.11. The Bertz CT molecular complexity index is 621. The number of oxazole rings is 1. The van der Waals surface area contributed by atoms with Crippen molar-refractivity contribution in [2.75, 3.05) is 11.9 Å². The number of aromatic nitrogens is 1. The fourth-order valence-electron chi connectivity index (χ4n) is 2.40. The van der Waals surface area contributed by atoms with Gasteiger partial charge in [-0.2, -0.15) is 0 Å². The van der Waals surface area contributed by atoms with Gasteiger partial charge in [0.25, 0.3) is 0 Å². The van der Waals surface area contributed by atoms with Gasteiger partial charge in [-0.1, -0.05) is 25.1 Å². The van der Waals surface area contributed by atoms with E-state index < -0.39 is 0 Å². The molecule has 3 rings (SSSR count). The van der Waals surface area contributed by atoms with Gasteiger partial charge < -0.3 is 15.1 Å². The zero-order valence-corrected chi connectivity index (χ0v) is 11.3. The number of amides is 1. The summed E-state index contributed by atoms with van der Waals surface area (Å²) in [5.41, 5.74) is 2.09. The van der Waals surface area contributed by atoms with Gasteiger partial charge in [-0.15, -0.1) is 0 Å². The number of nitrogens with zero attached hydrogens (tertiary/aromatic N) is 1.